The number of aliphatic hydroxyl groups is 2. The maximum absolute atomic E-state index is 13.5. The fourth-order valence-electron chi connectivity index (χ4n) is 1.93. The number of para-hydroxylation sites is 1. The Morgan fingerprint density at radius 1 is 1.35 bits per heavy atom. The van der Waals surface area contributed by atoms with Crippen LogP contribution < -0.4 is 4.74 Å². The van der Waals surface area contributed by atoms with Crippen molar-refractivity contribution in [3.8, 4) is 5.75 Å². The molecule has 0 spiro atoms. The SMILES string of the molecule is O=C1c2cccc(F)c2OCCC1(CO)CO. The Balaban J connectivity index is 2.54. The van der Waals surface area contributed by atoms with Crippen LogP contribution in [0, 0.1) is 11.2 Å². The third-order valence-electron chi connectivity index (χ3n) is 3.13. The molecule has 2 rings (SSSR count). The van der Waals surface area contributed by atoms with Crippen LogP contribution in [-0.4, -0.2) is 35.8 Å². The molecule has 5 heteroatoms. The van der Waals surface area contributed by atoms with Gasteiger partial charge < -0.3 is 14.9 Å². The second-order valence-electron chi connectivity index (χ2n) is 4.14. The molecule has 17 heavy (non-hydrogen) atoms. The number of hydrogen-bond donors (Lipinski definition) is 2. The van der Waals surface area contributed by atoms with Gasteiger partial charge in [-0.25, -0.2) is 4.39 Å². The highest BCUT2D eigenvalue weighted by Gasteiger charge is 2.41. The fourth-order valence-corrected chi connectivity index (χ4v) is 1.93. The van der Waals surface area contributed by atoms with Gasteiger partial charge >= 0.3 is 0 Å². The summed E-state index contributed by atoms with van der Waals surface area (Å²) in [7, 11) is 0. The first kappa shape index (κ1) is 12.0. The monoisotopic (exact) mass is 240 g/mol. The Hall–Kier alpha value is -1.46. The summed E-state index contributed by atoms with van der Waals surface area (Å²) in [6.07, 6.45) is 0.160. The Bertz CT molecular complexity index is 440. The van der Waals surface area contributed by atoms with Crippen molar-refractivity contribution in [2.75, 3.05) is 19.8 Å². The number of Topliss-reactive ketones (excluding diaryl/α,β-unsaturated/α-hetero) is 1. The van der Waals surface area contributed by atoms with E-state index in [1.165, 1.54) is 18.2 Å². The number of rotatable bonds is 2. The summed E-state index contributed by atoms with van der Waals surface area (Å²) in [5.74, 6) is -1.18. The van der Waals surface area contributed by atoms with Gasteiger partial charge in [0.05, 0.1) is 30.8 Å². The topological polar surface area (TPSA) is 66.8 Å². The van der Waals surface area contributed by atoms with Crippen molar-refractivity contribution in [3.05, 3.63) is 29.6 Å². The molecular formula is C12H13FO4. The van der Waals surface area contributed by atoms with Gasteiger partial charge in [-0.2, -0.15) is 0 Å². The van der Waals surface area contributed by atoms with Gasteiger partial charge in [-0.15, -0.1) is 0 Å². The average molecular weight is 240 g/mol. The van der Waals surface area contributed by atoms with E-state index in [1.807, 2.05) is 0 Å². The molecule has 92 valence electrons. The molecule has 0 unspecified atom stereocenters. The maximum Gasteiger partial charge on any atom is 0.177 e. The van der Waals surface area contributed by atoms with Crippen molar-refractivity contribution >= 4 is 5.78 Å². The minimum atomic E-state index is -1.28. The van der Waals surface area contributed by atoms with E-state index < -0.39 is 30.2 Å². The van der Waals surface area contributed by atoms with E-state index in [0.29, 0.717) is 0 Å². The van der Waals surface area contributed by atoms with Gasteiger partial charge in [0.25, 0.3) is 0 Å². The lowest BCUT2D eigenvalue weighted by atomic mass is 9.79. The molecule has 1 aliphatic rings. The van der Waals surface area contributed by atoms with E-state index in [-0.39, 0.29) is 24.3 Å². The predicted octanol–water partition coefficient (Wildman–Crippen LogP) is 0.762. The molecule has 1 aromatic carbocycles. The average Bonchev–Trinajstić information content (AvgIpc) is 2.49. The standard InChI is InChI=1S/C12H13FO4/c13-9-3-1-2-8-10(9)17-5-4-12(6-14,7-15)11(8)16/h1-3,14-15H,4-7H2. The molecular weight excluding hydrogens is 227 g/mol. The minimum absolute atomic E-state index is 0.0746. The van der Waals surface area contributed by atoms with Crippen molar-refractivity contribution in [2.45, 2.75) is 6.42 Å². The van der Waals surface area contributed by atoms with Crippen molar-refractivity contribution < 1.29 is 24.1 Å². The van der Waals surface area contributed by atoms with Crippen molar-refractivity contribution in [1.82, 2.24) is 0 Å². The summed E-state index contributed by atoms with van der Waals surface area (Å²) in [5, 5.41) is 18.6. The molecule has 0 saturated heterocycles. The van der Waals surface area contributed by atoms with E-state index >= 15 is 0 Å². The first-order valence-electron chi connectivity index (χ1n) is 5.32. The van der Waals surface area contributed by atoms with Gasteiger partial charge in [0, 0.05) is 0 Å². The zero-order chi connectivity index (χ0) is 12.5. The summed E-state index contributed by atoms with van der Waals surface area (Å²) in [5.41, 5.74) is -1.20. The molecule has 0 saturated carbocycles. The lowest BCUT2D eigenvalue weighted by Crippen LogP contribution is -2.38. The predicted molar refractivity (Wildman–Crippen MR) is 57.4 cm³/mol. The molecule has 0 bridgehead atoms. The summed E-state index contributed by atoms with van der Waals surface area (Å²) in [6, 6.07) is 4.05. The van der Waals surface area contributed by atoms with E-state index in [2.05, 4.69) is 0 Å². The third-order valence-corrected chi connectivity index (χ3v) is 3.13. The number of aliphatic hydroxyl groups excluding tert-OH is 2. The number of benzene rings is 1. The number of ether oxygens (including phenoxy) is 1. The lowest BCUT2D eigenvalue weighted by Gasteiger charge is -2.25. The Morgan fingerprint density at radius 3 is 2.71 bits per heavy atom. The minimum Gasteiger partial charge on any atom is -0.490 e. The molecule has 0 aliphatic carbocycles. The van der Waals surface area contributed by atoms with Crippen LogP contribution in [0.5, 0.6) is 5.75 Å². The largest absolute Gasteiger partial charge is 0.490 e. The number of hydrogen-bond acceptors (Lipinski definition) is 4. The fraction of sp³-hybridized carbons (Fsp3) is 0.417. The van der Waals surface area contributed by atoms with Crippen molar-refractivity contribution in [3.63, 3.8) is 0 Å². The van der Waals surface area contributed by atoms with Crippen LogP contribution in [0.15, 0.2) is 18.2 Å². The molecule has 1 aromatic rings. The highest BCUT2D eigenvalue weighted by atomic mass is 19.1. The lowest BCUT2D eigenvalue weighted by molar-refractivity contribution is 0.0345. The van der Waals surface area contributed by atoms with Crippen LogP contribution >= 0.6 is 0 Å². The quantitative estimate of drug-likeness (QED) is 0.801. The highest BCUT2D eigenvalue weighted by Crippen LogP contribution is 2.35. The molecule has 0 atom stereocenters. The van der Waals surface area contributed by atoms with E-state index in [1.54, 1.807) is 0 Å². The summed E-state index contributed by atoms with van der Waals surface area (Å²) < 4.78 is 18.7. The Morgan fingerprint density at radius 2 is 2.06 bits per heavy atom. The van der Waals surface area contributed by atoms with Crippen molar-refractivity contribution in [2.24, 2.45) is 5.41 Å². The van der Waals surface area contributed by atoms with E-state index in [4.69, 9.17) is 4.74 Å². The highest BCUT2D eigenvalue weighted by molar-refractivity contribution is 6.03. The van der Waals surface area contributed by atoms with Crippen LogP contribution in [0.3, 0.4) is 0 Å². The number of halogens is 1. The third kappa shape index (κ3) is 1.81. The van der Waals surface area contributed by atoms with Gasteiger partial charge in [-0.1, -0.05) is 6.07 Å². The van der Waals surface area contributed by atoms with Crippen LogP contribution in [0.2, 0.25) is 0 Å². The number of fused-ring (bicyclic) bond motifs is 1. The van der Waals surface area contributed by atoms with E-state index in [9.17, 15) is 19.4 Å². The normalized spacial score (nSPS) is 18.2. The molecule has 0 radical (unpaired) electrons. The Labute approximate surface area is 97.6 Å². The van der Waals surface area contributed by atoms with Gasteiger partial charge in [-0.3, -0.25) is 4.79 Å². The number of ketones is 1. The molecule has 1 heterocycles. The second kappa shape index (κ2) is 4.43. The second-order valence-corrected chi connectivity index (χ2v) is 4.14. The van der Waals surface area contributed by atoms with Crippen LogP contribution in [-0.2, 0) is 0 Å². The molecule has 1 aliphatic heterocycles. The Kier molecular flexibility index (Phi) is 3.13. The van der Waals surface area contributed by atoms with Crippen LogP contribution in [0.4, 0.5) is 4.39 Å². The summed E-state index contributed by atoms with van der Waals surface area (Å²) in [4.78, 5) is 12.2. The number of carbonyl (C=O) groups is 1. The molecule has 0 amide bonds. The zero-order valence-corrected chi connectivity index (χ0v) is 9.15. The van der Waals surface area contributed by atoms with Crippen LogP contribution in [0.25, 0.3) is 0 Å². The van der Waals surface area contributed by atoms with Gasteiger partial charge in [0.2, 0.25) is 0 Å². The summed E-state index contributed by atoms with van der Waals surface area (Å²) >= 11 is 0. The molecule has 4 nitrogen and oxygen atoms in total. The zero-order valence-electron chi connectivity index (χ0n) is 9.15. The van der Waals surface area contributed by atoms with Crippen LogP contribution in [0.1, 0.15) is 16.8 Å². The van der Waals surface area contributed by atoms with Gasteiger partial charge in [0.15, 0.2) is 17.3 Å². The van der Waals surface area contributed by atoms with Gasteiger partial charge in [-0.05, 0) is 18.6 Å². The number of carbonyl (C=O) groups excluding carboxylic acids is 1. The summed E-state index contributed by atoms with van der Waals surface area (Å²) in [6.45, 7) is -0.885. The van der Waals surface area contributed by atoms with E-state index in [0.717, 1.165) is 0 Å². The maximum atomic E-state index is 13.5. The van der Waals surface area contributed by atoms with Crippen molar-refractivity contribution in [1.29, 1.82) is 0 Å². The molecule has 0 aromatic heterocycles. The molecule has 0 fully saturated rings. The smallest absolute Gasteiger partial charge is 0.177 e. The first-order valence-corrected chi connectivity index (χ1v) is 5.32. The first-order chi connectivity index (χ1) is 8.14. The molecule has 2 N–H and O–H groups in total. The van der Waals surface area contributed by atoms with Gasteiger partial charge in [0.1, 0.15) is 0 Å².